The van der Waals surface area contributed by atoms with Crippen LogP contribution in [0.15, 0.2) is 72.9 Å². The van der Waals surface area contributed by atoms with Crippen molar-refractivity contribution in [3.8, 4) is 0 Å². The van der Waals surface area contributed by atoms with E-state index in [1.54, 1.807) is 0 Å². The minimum atomic E-state index is 0.783. The van der Waals surface area contributed by atoms with E-state index in [0.29, 0.717) is 0 Å². The Labute approximate surface area is 129 Å². The van der Waals surface area contributed by atoms with Crippen LogP contribution in [0.2, 0.25) is 0 Å². The average Bonchev–Trinajstić information content (AvgIpc) is 2.55. The second-order valence-corrected chi connectivity index (χ2v) is 5.69. The number of rotatable bonds is 2. The van der Waals surface area contributed by atoms with Crippen molar-refractivity contribution in [2.24, 2.45) is 0 Å². The van der Waals surface area contributed by atoms with E-state index in [0.717, 1.165) is 17.8 Å². The Balaban J connectivity index is 1.77. The second-order valence-electron chi connectivity index (χ2n) is 5.69. The molecule has 2 nitrogen and oxygen atoms in total. The van der Waals surface area contributed by atoms with E-state index in [4.69, 9.17) is 4.98 Å². The van der Waals surface area contributed by atoms with Gasteiger partial charge in [-0.15, -0.1) is 0 Å². The molecule has 0 amide bonds. The fourth-order valence-electron chi connectivity index (χ4n) is 2.91. The van der Waals surface area contributed by atoms with E-state index in [1.165, 1.54) is 21.9 Å². The number of hydrogen-bond donors (Lipinski definition) is 0. The molecule has 0 unspecified atom stereocenters. The van der Waals surface area contributed by atoms with Gasteiger partial charge in [-0.2, -0.15) is 4.57 Å². The van der Waals surface area contributed by atoms with Gasteiger partial charge in [0, 0.05) is 22.9 Å². The van der Waals surface area contributed by atoms with Gasteiger partial charge < -0.3 is 0 Å². The van der Waals surface area contributed by atoms with E-state index in [-0.39, 0.29) is 0 Å². The van der Waals surface area contributed by atoms with Gasteiger partial charge in [0.05, 0.1) is 5.52 Å². The predicted molar refractivity (Wildman–Crippen MR) is 89.7 cm³/mol. The van der Waals surface area contributed by atoms with Crippen molar-refractivity contribution in [1.29, 1.82) is 0 Å². The highest BCUT2D eigenvalue weighted by Gasteiger charge is 2.09. The Bertz CT molecular complexity index is 968. The van der Waals surface area contributed by atoms with Crippen LogP contribution in [0.5, 0.6) is 0 Å². The number of nitrogens with zero attached hydrogens (tertiary/aromatic N) is 2. The summed E-state index contributed by atoms with van der Waals surface area (Å²) in [5, 5.41) is 2.45. The third-order valence-corrected chi connectivity index (χ3v) is 4.02. The highest BCUT2D eigenvalue weighted by molar-refractivity contribution is 5.79. The molecule has 2 aromatic heterocycles. The van der Waals surface area contributed by atoms with E-state index in [2.05, 4.69) is 84.4 Å². The number of fused-ring (bicyclic) bond motifs is 2. The van der Waals surface area contributed by atoms with E-state index >= 15 is 0 Å². The standard InChI is InChI=1S/C20H17N2/c1-15-8-11-19-17(13-15)9-10-18(21-19)14-22-12-4-6-16-5-2-3-7-20(16)22/h2-13H,14H2,1H3/q+1. The lowest BCUT2D eigenvalue weighted by Crippen LogP contribution is -2.34. The molecule has 0 aliphatic rings. The zero-order chi connectivity index (χ0) is 14.9. The minimum absolute atomic E-state index is 0.783. The molecule has 0 fully saturated rings. The summed E-state index contributed by atoms with van der Waals surface area (Å²) >= 11 is 0. The number of aromatic nitrogens is 2. The first kappa shape index (κ1) is 13.0. The van der Waals surface area contributed by atoms with Crippen molar-refractivity contribution in [2.45, 2.75) is 13.5 Å². The summed E-state index contributed by atoms with van der Waals surface area (Å²) in [4.78, 5) is 4.80. The van der Waals surface area contributed by atoms with Crippen molar-refractivity contribution in [3.05, 3.63) is 84.2 Å². The number of aryl methyl sites for hydroxylation is 1. The van der Waals surface area contributed by atoms with Gasteiger partial charge in [0.15, 0.2) is 12.7 Å². The number of para-hydroxylation sites is 1. The molecular weight excluding hydrogens is 268 g/mol. The Morgan fingerprint density at radius 3 is 2.68 bits per heavy atom. The number of benzene rings is 2. The fourth-order valence-corrected chi connectivity index (χ4v) is 2.91. The molecule has 0 radical (unpaired) electrons. The third-order valence-electron chi connectivity index (χ3n) is 4.02. The summed E-state index contributed by atoms with van der Waals surface area (Å²) in [5.74, 6) is 0. The maximum Gasteiger partial charge on any atom is 0.212 e. The smallest absolute Gasteiger partial charge is 0.212 e. The second kappa shape index (κ2) is 5.23. The molecule has 4 aromatic rings. The molecule has 0 atom stereocenters. The maximum atomic E-state index is 4.80. The summed E-state index contributed by atoms with van der Waals surface area (Å²) in [5.41, 5.74) is 4.64. The quantitative estimate of drug-likeness (QED) is 0.508. The highest BCUT2D eigenvalue weighted by atomic mass is 15.0. The largest absolute Gasteiger partial charge is 0.246 e. The molecular formula is C20H17N2+. The Hall–Kier alpha value is -2.74. The van der Waals surface area contributed by atoms with Crippen molar-refractivity contribution in [1.82, 2.24) is 4.98 Å². The van der Waals surface area contributed by atoms with Gasteiger partial charge in [-0.25, -0.2) is 4.98 Å². The van der Waals surface area contributed by atoms with Crippen LogP contribution >= 0.6 is 0 Å². The highest BCUT2D eigenvalue weighted by Crippen LogP contribution is 2.15. The molecule has 0 saturated heterocycles. The monoisotopic (exact) mass is 285 g/mol. The van der Waals surface area contributed by atoms with Crippen molar-refractivity contribution < 1.29 is 4.57 Å². The fraction of sp³-hybridized carbons (Fsp3) is 0.100. The Morgan fingerprint density at radius 1 is 0.864 bits per heavy atom. The zero-order valence-electron chi connectivity index (χ0n) is 12.5. The normalized spacial score (nSPS) is 11.1. The van der Waals surface area contributed by atoms with Crippen LogP contribution in [0.1, 0.15) is 11.3 Å². The summed E-state index contributed by atoms with van der Waals surface area (Å²) in [6, 6.07) is 23.4. The van der Waals surface area contributed by atoms with Crippen molar-refractivity contribution in [3.63, 3.8) is 0 Å². The molecule has 0 aliphatic carbocycles. The molecule has 22 heavy (non-hydrogen) atoms. The molecule has 4 rings (SSSR count). The first-order valence-corrected chi connectivity index (χ1v) is 7.53. The molecule has 0 bridgehead atoms. The third kappa shape index (κ3) is 2.33. The van der Waals surface area contributed by atoms with Crippen LogP contribution in [0.25, 0.3) is 21.8 Å². The SMILES string of the molecule is Cc1ccc2nc(C[n+]3cccc4ccccc43)ccc2c1. The van der Waals surface area contributed by atoms with E-state index in [9.17, 15) is 0 Å². The summed E-state index contributed by atoms with van der Waals surface area (Å²) < 4.78 is 2.25. The molecule has 0 saturated carbocycles. The van der Waals surface area contributed by atoms with Crippen LogP contribution in [0.4, 0.5) is 0 Å². The predicted octanol–water partition coefficient (Wildman–Crippen LogP) is 4.03. The van der Waals surface area contributed by atoms with Gasteiger partial charge in [0.1, 0.15) is 5.69 Å². The van der Waals surface area contributed by atoms with Gasteiger partial charge in [0.2, 0.25) is 5.52 Å². The van der Waals surface area contributed by atoms with Gasteiger partial charge in [0.25, 0.3) is 0 Å². The van der Waals surface area contributed by atoms with Crippen molar-refractivity contribution in [2.75, 3.05) is 0 Å². The average molecular weight is 285 g/mol. The lowest BCUT2D eigenvalue weighted by molar-refractivity contribution is -0.662. The van der Waals surface area contributed by atoms with Gasteiger partial charge in [-0.1, -0.05) is 29.8 Å². The van der Waals surface area contributed by atoms with Gasteiger partial charge in [-0.3, -0.25) is 0 Å². The molecule has 0 spiro atoms. The zero-order valence-corrected chi connectivity index (χ0v) is 12.5. The topological polar surface area (TPSA) is 16.8 Å². The Kier molecular flexibility index (Phi) is 3.08. The van der Waals surface area contributed by atoms with Crippen LogP contribution in [-0.4, -0.2) is 4.98 Å². The Morgan fingerprint density at radius 2 is 1.73 bits per heavy atom. The molecule has 0 N–H and O–H groups in total. The lowest BCUT2D eigenvalue weighted by Gasteiger charge is -2.03. The van der Waals surface area contributed by atoms with Crippen LogP contribution in [-0.2, 0) is 6.54 Å². The molecule has 2 heterocycles. The van der Waals surface area contributed by atoms with Crippen molar-refractivity contribution >= 4 is 21.8 Å². The summed E-state index contributed by atoms with van der Waals surface area (Å²) in [6.45, 7) is 2.89. The maximum absolute atomic E-state index is 4.80. The van der Waals surface area contributed by atoms with Gasteiger partial charge >= 0.3 is 0 Å². The van der Waals surface area contributed by atoms with Crippen LogP contribution in [0, 0.1) is 6.92 Å². The van der Waals surface area contributed by atoms with Crippen LogP contribution in [0.3, 0.4) is 0 Å². The van der Waals surface area contributed by atoms with E-state index < -0.39 is 0 Å². The molecule has 0 aliphatic heterocycles. The van der Waals surface area contributed by atoms with E-state index in [1.807, 2.05) is 0 Å². The summed E-state index contributed by atoms with van der Waals surface area (Å²) in [7, 11) is 0. The molecule has 2 heteroatoms. The number of pyridine rings is 2. The lowest BCUT2D eigenvalue weighted by atomic mass is 10.1. The molecule has 106 valence electrons. The first-order chi connectivity index (χ1) is 10.8. The van der Waals surface area contributed by atoms with Crippen LogP contribution < -0.4 is 4.57 Å². The first-order valence-electron chi connectivity index (χ1n) is 7.53. The van der Waals surface area contributed by atoms with Gasteiger partial charge in [-0.05, 0) is 37.3 Å². The molecule has 2 aromatic carbocycles. The number of hydrogen-bond acceptors (Lipinski definition) is 1. The summed E-state index contributed by atoms with van der Waals surface area (Å²) in [6.07, 6.45) is 2.11. The minimum Gasteiger partial charge on any atom is -0.246 e.